The van der Waals surface area contributed by atoms with Crippen LogP contribution in [0.3, 0.4) is 0 Å². The zero-order valence-electron chi connectivity index (χ0n) is 9.67. The number of halogens is 4. The topological polar surface area (TPSA) is 61.4 Å². The molecule has 0 aliphatic heterocycles. The largest absolute Gasteiger partial charge is 0.415 e. The molecule has 4 nitrogen and oxygen atoms in total. The van der Waals surface area contributed by atoms with Gasteiger partial charge in [-0.05, 0) is 18.2 Å². The molecule has 1 atom stereocenters. The number of alkyl halides is 3. The van der Waals surface area contributed by atoms with Crippen LogP contribution in [0.2, 0.25) is 0 Å². The van der Waals surface area contributed by atoms with Crippen molar-refractivity contribution in [2.24, 2.45) is 0 Å². The highest BCUT2D eigenvalue weighted by molar-refractivity contribution is 5.92. The second kappa shape index (κ2) is 6.48. The minimum atomic E-state index is -4.73. The van der Waals surface area contributed by atoms with Gasteiger partial charge in [-0.25, -0.2) is 4.39 Å². The fraction of sp³-hybridized carbons (Fsp3) is 0.364. The summed E-state index contributed by atoms with van der Waals surface area (Å²) in [5.74, 6) is -1.18. The number of carbonyl (C=O) groups is 1. The van der Waals surface area contributed by atoms with E-state index in [1.165, 1.54) is 18.2 Å². The highest BCUT2D eigenvalue weighted by Gasteiger charge is 2.37. The highest BCUT2D eigenvalue weighted by atomic mass is 19.4. The number of hydrogen-bond donors (Lipinski definition) is 3. The van der Waals surface area contributed by atoms with E-state index in [1.54, 1.807) is 0 Å². The Labute approximate surface area is 106 Å². The SMILES string of the molecule is O=C(CNCC(O)C(F)(F)F)Nc1cccc(F)c1. The predicted octanol–water partition coefficient (Wildman–Crippen LogP) is 1.28. The summed E-state index contributed by atoms with van der Waals surface area (Å²) >= 11 is 0. The molecule has 0 saturated carbocycles. The van der Waals surface area contributed by atoms with Crippen LogP contribution in [0, 0.1) is 5.82 Å². The maximum Gasteiger partial charge on any atom is 0.415 e. The molecule has 1 unspecified atom stereocenters. The van der Waals surface area contributed by atoms with E-state index in [1.807, 2.05) is 0 Å². The van der Waals surface area contributed by atoms with Crippen LogP contribution in [-0.2, 0) is 4.79 Å². The fourth-order valence-electron chi connectivity index (χ4n) is 1.21. The molecular formula is C11H12F4N2O2. The average molecular weight is 280 g/mol. The lowest BCUT2D eigenvalue weighted by molar-refractivity contribution is -0.201. The summed E-state index contributed by atoms with van der Waals surface area (Å²) in [6.45, 7) is -1.22. The van der Waals surface area contributed by atoms with Gasteiger partial charge in [-0.15, -0.1) is 0 Å². The van der Waals surface area contributed by atoms with Gasteiger partial charge in [0.2, 0.25) is 5.91 Å². The zero-order valence-corrected chi connectivity index (χ0v) is 9.67. The van der Waals surface area contributed by atoms with Crippen molar-refractivity contribution in [1.82, 2.24) is 5.32 Å². The molecular weight excluding hydrogens is 268 g/mol. The number of benzene rings is 1. The van der Waals surface area contributed by atoms with Crippen molar-refractivity contribution in [3.8, 4) is 0 Å². The van der Waals surface area contributed by atoms with Gasteiger partial charge in [0.15, 0.2) is 6.10 Å². The van der Waals surface area contributed by atoms with Gasteiger partial charge in [-0.1, -0.05) is 6.07 Å². The lowest BCUT2D eigenvalue weighted by Crippen LogP contribution is -2.41. The number of carbonyl (C=O) groups excluding carboxylic acids is 1. The van der Waals surface area contributed by atoms with Crippen molar-refractivity contribution in [2.45, 2.75) is 12.3 Å². The zero-order chi connectivity index (χ0) is 14.5. The van der Waals surface area contributed by atoms with Gasteiger partial charge >= 0.3 is 6.18 Å². The molecule has 1 aromatic carbocycles. The fourth-order valence-corrected chi connectivity index (χ4v) is 1.21. The number of aliphatic hydroxyl groups is 1. The summed E-state index contributed by atoms with van der Waals surface area (Å²) in [7, 11) is 0. The number of rotatable bonds is 5. The Morgan fingerprint density at radius 3 is 2.63 bits per heavy atom. The third-order valence-corrected chi connectivity index (χ3v) is 2.11. The van der Waals surface area contributed by atoms with Crippen LogP contribution in [-0.4, -0.2) is 36.4 Å². The molecule has 106 valence electrons. The molecule has 1 rings (SSSR count). The number of hydrogen-bond acceptors (Lipinski definition) is 3. The van der Waals surface area contributed by atoms with Crippen LogP contribution in [0.1, 0.15) is 0 Å². The number of nitrogens with one attached hydrogen (secondary N) is 2. The van der Waals surface area contributed by atoms with E-state index in [2.05, 4.69) is 10.6 Å². The monoisotopic (exact) mass is 280 g/mol. The van der Waals surface area contributed by atoms with Crippen LogP contribution in [0.15, 0.2) is 24.3 Å². The van der Waals surface area contributed by atoms with Crippen LogP contribution in [0.25, 0.3) is 0 Å². The minimum absolute atomic E-state index is 0.197. The van der Waals surface area contributed by atoms with Crippen LogP contribution in [0.4, 0.5) is 23.2 Å². The van der Waals surface area contributed by atoms with Crippen molar-refractivity contribution >= 4 is 11.6 Å². The highest BCUT2D eigenvalue weighted by Crippen LogP contribution is 2.19. The Bertz CT molecular complexity index is 437. The normalized spacial score (nSPS) is 13.1. The minimum Gasteiger partial charge on any atom is -0.382 e. The molecule has 0 bridgehead atoms. The molecule has 0 heterocycles. The van der Waals surface area contributed by atoms with Crippen molar-refractivity contribution in [3.05, 3.63) is 30.1 Å². The second-order valence-corrected chi connectivity index (χ2v) is 3.75. The molecule has 0 fully saturated rings. The Kier molecular flexibility index (Phi) is 5.25. The molecule has 0 aliphatic carbocycles. The smallest absolute Gasteiger partial charge is 0.382 e. The summed E-state index contributed by atoms with van der Waals surface area (Å²) in [5.41, 5.74) is 0.197. The first-order valence-electron chi connectivity index (χ1n) is 5.30. The Hall–Kier alpha value is -1.67. The molecule has 19 heavy (non-hydrogen) atoms. The predicted molar refractivity (Wildman–Crippen MR) is 60.0 cm³/mol. The molecule has 3 N–H and O–H groups in total. The first-order chi connectivity index (χ1) is 8.79. The van der Waals surface area contributed by atoms with Gasteiger partial charge in [-0.3, -0.25) is 4.79 Å². The van der Waals surface area contributed by atoms with E-state index in [4.69, 9.17) is 5.11 Å². The molecule has 1 amide bonds. The second-order valence-electron chi connectivity index (χ2n) is 3.75. The Balaban J connectivity index is 2.33. The van der Waals surface area contributed by atoms with Crippen LogP contribution < -0.4 is 10.6 Å². The standard InChI is InChI=1S/C11H12F4N2O2/c12-7-2-1-3-8(4-7)17-10(19)6-16-5-9(18)11(13,14)15/h1-4,9,16,18H,5-6H2,(H,17,19). The number of anilines is 1. The van der Waals surface area contributed by atoms with Gasteiger partial charge in [0, 0.05) is 12.2 Å². The molecule has 0 aliphatic rings. The average Bonchev–Trinajstić information content (AvgIpc) is 2.27. The van der Waals surface area contributed by atoms with E-state index in [9.17, 15) is 22.4 Å². The quantitative estimate of drug-likeness (QED) is 0.712. The van der Waals surface area contributed by atoms with Crippen molar-refractivity contribution in [3.63, 3.8) is 0 Å². The molecule has 8 heteroatoms. The van der Waals surface area contributed by atoms with E-state index in [-0.39, 0.29) is 5.69 Å². The van der Waals surface area contributed by atoms with Gasteiger partial charge in [0.05, 0.1) is 6.54 Å². The molecule has 0 saturated heterocycles. The van der Waals surface area contributed by atoms with Gasteiger partial charge in [0.1, 0.15) is 5.82 Å². The molecule has 0 spiro atoms. The van der Waals surface area contributed by atoms with Gasteiger partial charge < -0.3 is 15.7 Å². The van der Waals surface area contributed by atoms with Crippen molar-refractivity contribution in [1.29, 1.82) is 0 Å². The first kappa shape index (κ1) is 15.4. The Morgan fingerprint density at radius 1 is 1.37 bits per heavy atom. The first-order valence-corrected chi connectivity index (χ1v) is 5.30. The molecule has 1 aromatic rings. The third-order valence-electron chi connectivity index (χ3n) is 2.11. The summed E-state index contributed by atoms with van der Waals surface area (Å²) < 4.78 is 48.6. The van der Waals surface area contributed by atoms with Crippen LogP contribution >= 0.6 is 0 Å². The Morgan fingerprint density at radius 2 is 2.05 bits per heavy atom. The van der Waals surface area contributed by atoms with Crippen molar-refractivity contribution in [2.75, 3.05) is 18.4 Å². The van der Waals surface area contributed by atoms with E-state index >= 15 is 0 Å². The summed E-state index contributed by atoms with van der Waals surface area (Å²) in [4.78, 5) is 11.3. The summed E-state index contributed by atoms with van der Waals surface area (Å²) in [6.07, 6.45) is -7.26. The summed E-state index contributed by atoms with van der Waals surface area (Å²) in [5, 5.41) is 13.1. The molecule has 0 radical (unpaired) electrons. The maximum absolute atomic E-state index is 12.8. The third kappa shape index (κ3) is 5.66. The summed E-state index contributed by atoms with van der Waals surface area (Å²) in [6, 6.07) is 5.08. The van der Waals surface area contributed by atoms with Gasteiger partial charge in [0.25, 0.3) is 0 Å². The lowest BCUT2D eigenvalue weighted by atomic mass is 10.3. The van der Waals surface area contributed by atoms with Crippen LogP contribution in [0.5, 0.6) is 0 Å². The van der Waals surface area contributed by atoms with Crippen molar-refractivity contribution < 1.29 is 27.5 Å². The van der Waals surface area contributed by atoms with E-state index in [0.29, 0.717) is 0 Å². The number of amides is 1. The van der Waals surface area contributed by atoms with E-state index < -0.39 is 37.1 Å². The van der Waals surface area contributed by atoms with Gasteiger partial charge in [-0.2, -0.15) is 13.2 Å². The number of aliphatic hydroxyl groups excluding tert-OH is 1. The molecule has 0 aromatic heterocycles. The lowest BCUT2D eigenvalue weighted by Gasteiger charge is -2.14. The van der Waals surface area contributed by atoms with E-state index in [0.717, 1.165) is 6.07 Å². The maximum atomic E-state index is 12.8.